The molecule has 0 unspecified atom stereocenters. The molecule has 64 valence electrons. The van der Waals surface area contributed by atoms with Crippen molar-refractivity contribution in [3.05, 3.63) is 0 Å². The van der Waals surface area contributed by atoms with Gasteiger partial charge in [0.25, 0.3) is 0 Å². The molecule has 1 aliphatic rings. The van der Waals surface area contributed by atoms with Crippen LogP contribution in [0, 0.1) is 5.41 Å². The Morgan fingerprint density at radius 1 is 1.64 bits per heavy atom. The minimum Gasteiger partial charge on any atom is -0.481 e. The van der Waals surface area contributed by atoms with Crippen molar-refractivity contribution in [3.8, 4) is 0 Å². The molecule has 0 aromatic rings. The van der Waals surface area contributed by atoms with Gasteiger partial charge in [-0.05, 0) is 0 Å². The molecule has 1 heterocycles. The molecule has 1 rings (SSSR count). The summed E-state index contributed by atoms with van der Waals surface area (Å²) in [7, 11) is 0. The van der Waals surface area contributed by atoms with Crippen LogP contribution in [0.3, 0.4) is 0 Å². The first-order valence-corrected chi connectivity index (χ1v) is 3.29. The van der Waals surface area contributed by atoms with Crippen LogP contribution in [0.15, 0.2) is 0 Å². The number of alkyl halides is 2. The van der Waals surface area contributed by atoms with Gasteiger partial charge in [-0.2, -0.15) is 0 Å². The average molecular weight is 165 g/mol. The first-order chi connectivity index (χ1) is 5.07. The first-order valence-electron chi connectivity index (χ1n) is 3.29. The third kappa shape index (κ3) is 1.48. The molecule has 0 radical (unpaired) electrons. The summed E-state index contributed by atoms with van der Waals surface area (Å²) in [6.07, 6.45) is -3.08. The number of rotatable bonds is 3. The Kier molecular flexibility index (Phi) is 2.08. The number of hydrogen-bond donors (Lipinski definition) is 2. The molecule has 0 atom stereocenters. The Labute approximate surface area is 62.4 Å². The molecule has 0 saturated carbocycles. The van der Waals surface area contributed by atoms with Gasteiger partial charge in [-0.3, -0.25) is 4.79 Å². The minimum absolute atomic E-state index is 0.159. The van der Waals surface area contributed by atoms with Crippen molar-refractivity contribution in [2.24, 2.45) is 5.41 Å². The third-order valence-corrected chi connectivity index (χ3v) is 1.93. The van der Waals surface area contributed by atoms with Gasteiger partial charge in [0.2, 0.25) is 6.43 Å². The number of carboxylic acid groups (broad SMARTS) is 1. The van der Waals surface area contributed by atoms with Crippen molar-refractivity contribution >= 4 is 5.97 Å². The fourth-order valence-corrected chi connectivity index (χ4v) is 1.11. The zero-order chi connectivity index (χ0) is 8.48. The van der Waals surface area contributed by atoms with Crippen molar-refractivity contribution in [3.63, 3.8) is 0 Å². The van der Waals surface area contributed by atoms with Crippen molar-refractivity contribution in [2.75, 3.05) is 13.1 Å². The summed E-state index contributed by atoms with van der Waals surface area (Å²) in [5, 5.41) is 11.2. The minimum atomic E-state index is -2.53. The highest BCUT2D eigenvalue weighted by Crippen LogP contribution is 2.30. The molecule has 2 N–H and O–H groups in total. The number of aliphatic carboxylic acids is 1. The lowest BCUT2D eigenvalue weighted by molar-refractivity contribution is -0.155. The van der Waals surface area contributed by atoms with E-state index in [2.05, 4.69) is 5.32 Å². The van der Waals surface area contributed by atoms with Gasteiger partial charge in [-0.1, -0.05) is 0 Å². The normalized spacial score (nSPS) is 21.4. The van der Waals surface area contributed by atoms with Gasteiger partial charge in [0.05, 0.1) is 5.41 Å². The molecular formula is C6H9F2NO2. The number of nitrogens with one attached hydrogen (secondary N) is 1. The summed E-state index contributed by atoms with van der Waals surface area (Å²) in [4.78, 5) is 10.5. The van der Waals surface area contributed by atoms with Crippen molar-refractivity contribution in [1.82, 2.24) is 5.32 Å². The third-order valence-electron chi connectivity index (χ3n) is 1.93. The molecule has 5 heteroatoms. The molecule has 0 bridgehead atoms. The van der Waals surface area contributed by atoms with Gasteiger partial charge in [-0.25, -0.2) is 8.78 Å². The van der Waals surface area contributed by atoms with Crippen LogP contribution in [0.2, 0.25) is 0 Å². The van der Waals surface area contributed by atoms with E-state index in [-0.39, 0.29) is 13.1 Å². The zero-order valence-corrected chi connectivity index (χ0v) is 5.81. The number of carboxylic acids is 1. The van der Waals surface area contributed by atoms with E-state index in [1.807, 2.05) is 0 Å². The molecule has 0 amide bonds. The van der Waals surface area contributed by atoms with Gasteiger partial charge < -0.3 is 10.4 Å². The molecule has 0 aliphatic carbocycles. The fraction of sp³-hybridized carbons (Fsp3) is 0.833. The van der Waals surface area contributed by atoms with Crippen LogP contribution in [-0.2, 0) is 4.79 Å². The predicted octanol–water partition coefficient (Wildman–Crippen LogP) is 0.316. The highest BCUT2D eigenvalue weighted by molar-refractivity contribution is 5.76. The smallest absolute Gasteiger partial charge is 0.312 e. The maximum atomic E-state index is 11.8. The molecule has 0 aromatic heterocycles. The Hall–Kier alpha value is -0.710. The van der Waals surface area contributed by atoms with Crippen LogP contribution >= 0.6 is 0 Å². The van der Waals surface area contributed by atoms with Crippen LogP contribution in [0.4, 0.5) is 8.78 Å². The number of hydrogen-bond acceptors (Lipinski definition) is 2. The van der Waals surface area contributed by atoms with E-state index in [1.54, 1.807) is 0 Å². The van der Waals surface area contributed by atoms with E-state index < -0.39 is 24.2 Å². The van der Waals surface area contributed by atoms with Crippen LogP contribution in [0.25, 0.3) is 0 Å². The Morgan fingerprint density at radius 2 is 2.18 bits per heavy atom. The van der Waals surface area contributed by atoms with Gasteiger partial charge >= 0.3 is 5.97 Å². The first kappa shape index (κ1) is 8.39. The molecule has 0 spiro atoms. The Balaban J connectivity index is 2.54. The van der Waals surface area contributed by atoms with Crippen LogP contribution in [0.5, 0.6) is 0 Å². The number of carbonyl (C=O) groups is 1. The summed E-state index contributed by atoms with van der Waals surface area (Å²) in [5.41, 5.74) is -1.20. The highest BCUT2D eigenvalue weighted by Gasteiger charge is 2.46. The van der Waals surface area contributed by atoms with Crippen LogP contribution in [-0.4, -0.2) is 30.6 Å². The maximum Gasteiger partial charge on any atom is 0.312 e. The van der Waals surface area contributed by atoms with Crippen LogP contribution < -0.4 is 5.32 Å². The van der Waals surface area contributed by atoms with Crippen molar-refractivity contribution in [2.45, 2.75) is 12.8 Å². The molecule has 3 nitrogen and oxygen atoms in total. The Bertz CT molecular complexity index is 168. The lowest BCUT2D eigenvalue weighted by atomic mass is 9.79. The second-order valence-electron chi connectivity index (χ2n) is 2.78. The lowest BCUT2D eigenvalue weighted by Gasteiger charge is -2.38. The molecule has 1 fully saturated rings. The monoisotopic (exact) mass is 165 g/mol. The summed E-state index contributed by atoms with van der Waals surface area (Å²) >= 11 is 0. The van der Waals surface area contributed by atoms with Crippen molar-refractivity contribution in [1.29, 1.82) is 0 Å². The summed E-state index contributed by atoms with van der Waals surface area (Å²) in [5.74, 6) is -1.13. The zero-order valence-electron chi connectivity index (χ0n) is 5.81. The quantitative estimate of drug-likeness (QED) is 0.633. The van der Waals surface area contributed by atoms with E-state index in [1.165, 1.54) is 0 Å². The van der Waals surface area contributed by atoms with Crippen molar-refractivity contribution < 1.29 is 18.7 Å². The van der Waals surface area contributed by atoms with E-state index in [4.69, 9.17) is 5.11 Å². The summed E-state index contributed by atoms with van der Waals surface area (Å²) in [6, 6.07) is 0. The summed E-state index contributed by atoms with van der Waals surface area (Å²) < 4.78 is 23.6. The molecular weight excluding hydrogens is 156 g/mol. The van der Waals surface area contributed by atoms with Gasteiger partial charge in [0.1, 0.15) is 0 Å². The van der Waals surface area contributed by atoms with E-state index >= 15 is 0 Å². The average Bonchev–Trinajstić information content (AvgIpc) is 1.77. The van der Waals surface area contributed by atoms with Gasteiger partial charge in [-0.15, -0.1) is 0 Å². The second-order valence-corrected chi connectivity index (χ2v) is 2.78. The Morgan fingerprint density at radius 3 is 2.27 bits per heavy atom. The highest BCUT2D eigenvalue weighted by atomic mass is 19.3. The van der Waals surface area contributed by atoms with E-state index in [9.17, 15) is 13.6 Å². The number of halogens is 2. The predicted molar refractivity (Wildman–Crippen MR) is 33.6 cm³/mol. The van der Waals surface area contributed by atoms with E-state index in [0.29, 0.717) is 0 Å². The maximum absolute atomic E-state index is 11.8. The molecule has 1 aliphatic heterocycles. The van der Waals surface area contributed by atoms with E-state index in [0.717, 1.165) is 0 Å². The molecule has 0 aromatic carbocycles. The standard InChI is InChI=1S/C6H9F2NO2/c7-4(8)1-6(5(10)11)2-9-3-6/h4,9H,1-3H2,(H,10,11). The lowest BCUT2D eigenvalue weighted by Crippen LogP contribution is -2.58. The van der Waals surface area contributed by atoms with Gasteiger partial charge in [0, 0.05) is 19.5 Å². The fourth-order valence-electron chi connectivity index (χ4n) is 1.11. The SMILES string of the molecule is O=C(O)C1(CC(F)F)CNC1. The largest absolute Gasteiger partial charge is 0.481 e. The molecule has 11 heavy (non-hydrogen) atoms. The topological polar surface area (TPSA) is 49.3 Å². The van der Waals surface area contributed by atoms with Crippen LogP contribution in [0.1, 0.15) is 6.42 Å². The summed E-state index contributed by atoms with van der Waals surface area (Å²) in [6.45, 7) is 0.319. The second kappa shape index (κ2) is 2.73. The molecule has 1 saturated heterocycles. The van der Waals surface area contributed by atoms with Gasteiger partial charge in [0.15, 0.2) is 0 Å².